The first-order chi connectivity index (χ1) is 8.52. The van der Waals surface area contributed by atoms with Crippen molar-refractivity contribution in [1.82, 2.24) is 0 Å². The zero-order chi connectivity index (χ0) is 13.7. The van der Waals surface area contributed by atoms with Crippen LogP contribution < -0.4 is 0 Å². The van der Waals surface area contributed by atoms with Crippen molar-refractivity contribution in [1.29, 1.82) is 0 Å². The summed E-state index contributed by atoms with van der Waals surface area (Å²) < 4.78 is 4.46. The van der Waals surface area contributed by atoms with Crippen LogP contribution in [0.1, 0.15) is 20.7 Å². The average Bonchev–Trinajstić information content (AvgIpc) is 2.38. The minimum absolute atomic E-state index is 0.104. The summed E-state index contributed by atoms with van der Waals surface area (Å²) in [6.07, 6.45) is 0. The Morgan fingerprint density at radius 1 is 1.22 bits per heavy atom. The minimum Gasteiger partial charge on any atom is -0.472 e. The lowest BCUT2D eigenvalue weighted by molar-refractivity contribution is -0.133. The fourth-order valence-corrected chi connectivity index (χ4v) is 1.28. The first kappa shape index (κ1) is 13.3. The lowest BCUT2D eigenvalue weighted by atomic mass is 10.0. The summed E-state index contributed by atoms with van der Waals surface area (Å²) in [5.74, 6) is -3.56. The van der Waals surface area contributed by atoms with Crippen LogP contribution in [0.4, 0.5) is 0 Å². The van der Waals surface area contributed by atoms with Crippen molar-refractivity contribution in [3.05, 3.63) is 40.9 Å². The molecule has 0 radical (unpaired) electrons. The number of benzene rings is 1. The Hall–Kier alpha value is -2.79. The van der Waals surface area contributed by atoms with Crippen LogP contribution in [0.3, 0.4) is 0 Å². The monoisotopic (exact) mass is 248 g/mol. The molecule has 1 aromatic carbocycles. The second kappa shape index (κ2) is 5.51. The van der Waals surface area contributed by atoms with Crippen LogP contribution in [0.15, 0.2) is 24.3 Å². The van der Waals surface area contributed by atoms with Gasteiger partial charge in [0.2, 0.25) is 0 Å². The molecular formula is C11H8N2O5. The molecule has 0 amide bonds. The first-order valence-electron chi connectivity index (χ1n) is 4.70. The third-order valence-electron chi connectivity index (χ3n) is 2.09. The molecule has 1 aromatic rings. The highest BCUT2D eigenvalue weighted by molar-refractivity contribution is 6.65. The maximum absolute atomic E-state index is 11.8. The highest BCUT2D eigenvalue weighted by Crippen LogP contribution is 2.11. The van der Waals surface area contributed by atoms with Crippen LogP contribution >= 0.6 is 0 Å². The van der Waals surface area contributed by atoms with Gasteiger partial charge in [-0.25, -0.2) is 9.59 Å². The van der Waals surface area contributed by atoms with E-state index in [-0.39, 0.29) is 11.1 Å². The van der Waals surface area contributed by atoms with Crippen LogP contribution in [0.25, 0.3) is 5.53 Å². The van der Waals surface area contributed by atoms with Crippen LogP contribution in [-0.4, -0.2) is 40.4 Å². The Kier molecular flexibility index (Phi) is 4.07. The zero-order valence-electron chi connectivity index (χ0n) is 9.28. The lowest BCUT2D eigenvalue weighted by Crippen LogP contribution is -2.26. The van der Waals surface area contributed by atoms with Gasteiger partial charge in [0.25, 0.3) is 5.78 Å². The molecule has 18 heavy (non-hydrogen) atoms. The van der Waals surface area contributed by atoms with Gasteiger partial charge in [-0.3, -0.25) is 4.79 Å². The van der Waals surface area contributed by atoms with E-state index < -0.39 is 23.4 Å². The summed E-state index contributed by atoms with van der Waals surface area (Å²) in [6.45, 7) is 0. The van der Waals surface area contributed by atoms with Gasteiger partial charge < -0.3 is 15.4 Å². The lowest BCUT2D eigenvalue weighted by Gasteiger charge is -2.03. The number of Topliss-reactive ketones (excluding diaryl/α,β-unsaturated/α-hetero) is 1. The predicted molar refractivity (Wildman–Crippen MR) is 58.4 cm³/mol. The molecule has 0 atom stereocenters. The summed E-state index contributed by atoms with van der Waals surface area (Å²) in [5, 5.41) is 8.66. The first-order valence-corrected chi connectivity index (χ1v) is 4.70. The minimum atomic E-state index is -1.69. The number of methoxy groups -OCH3 is 1. The van der Waals surface area contributed by atoms with Crippen molar-refractivity contribution in [2.24, 2.45) is 0 Å². The van der Waals surface area contributed by atoms with Gasteiger partial charge in [-0.15, -0.1) is 0 Å². The Morgan fingerprint density at radius 2 is 1.78 bits per heavy atom. The summed E-state index contributed by atoms with van der Waals surface area (Å²) in [4.78, 5) is 36.2. The van der Waals surface area contributed by atoms with E-state index in [0.717, 1.165) is 7.11 Å². The SMILES string of the molecule is COC(=O)c1ccccc1C(=O)C(=[N+]=[N-])C(=O)O. The number of rotatable bonds is 4. The molecule has 7 heteroatoms. The second-order valence-corrected chi connectivity index (χ2v) is 3.12. The number of nitrogens with zero attached hydrogens (tertiary/aromatic N) is 2. The average molecular weight is 248 g/mol. The summed E-state index contributed by atoms with van der Waals surface area (Å²) in [7, 11) is 1.13. The van der Waals surface area contributed by atoms with E-state index in [1.165, 1.54) is 24.3 Å². The Morgan fingerprint density at radius 3 is 2.22 bits per heavy atom. The number of carbonyl (C=O) groups excluding carboxylic acids is 2. The largest absolute Gasteiger partial charge is 0.472 e. The predicted octanol–water partition coefficient (Wildman–Crippen LogP) is 0.411. The van der Waals surface area contributed by atoms with Crippen molar-refractivity contribution in [3.8, 4) is 0 Å². The van der Waals surface area contributed by atoms with Gasteiger partial charge in [0.15, 0.2) is 0 Å². The van der Waals surface area contributed by atoms with Crippen molar-refractivity contribution in [2.45, 2.75) is 0 Å². The van der Waals surface area contributed by atoms with Gasteiger partial charge in [0.05, 0.1) is 12.7 Å². The van der Waals surface area contributed by atoms with Crippen molar-refractivity contribution in [3.63, 3.8) is 0 Å². The van der Waals surface area contributed by atoms with Gasteiger partial charge in [0.1, 0.15) is 0 Å². The van der Waals surface area contributed by atoms with Gasteiger partial charge in [-0.1, -0.05) is 12.1 Å². The molecule has 0 aliphatic carbocycles. The standard InChI is InChI=1S/C11H8N2O5/c1-18-11(17)7-5-3-2-4-6(7)9(14)8(13-12)10(15)16/h2-5H,1H3,(H,15,16). The maximum atomic E-state index is 11.8. The molecule has 0 spiro atoms. The fourth-order valence-electron chi connectivity index (χ4n) is 1.28. The fraction of sp³-hybridized carbons (Fsp3) is 0.0909. The summed E-state index contributed by atoms with van der Waals surface area (Å²) in [6, 6.07) is 5.47. The van der Waals surface area contributed by atoms with Crippen molar-refractivity contribution in [2.75, 3.05) is 7.11 Å². The van der Waals surface area contributed by atoms with E-state index in [2.05, 4.69) is 9.53 Å². The molecule has 0 heterocycles. The number of ketones is 1. The topological polar surface area (TPSA) is 117 Å². The van der Waals surface area contributed by atoms with Crippen molar-refractivity contribution < 1.29 is 29.0 Å². The van der Waals surface area contributed by atoms with E-state index in [1.807, 2.05) is 0 Å². The van der Waals surface area contributed by atoms with Gasteiger partial charge in [-0.05, 0) is 12.1 Å². The number of ether oxygens (including phenoxy) is 1. The highest BCUT2D eigenvalue weighted by Gasteiger charge is 2.32. The molecule has 92 valence electrons. The Labute approximate surface area is 101 Å². The van der Waals surface area contributed by atoms with Crippen LogP contribution in [-0.2, 0) is 9.53 Å². The molecule has 1 rings (SSSR count). The zero-order valence-corrected chi connectivity index (χ0v) is 9.28. The molecule has 0 saturated carbocycles. The molecule has 0 unspecified atom stereocenters. The molecule has 0 aromatic heterocycles. The molecular weight excluding hydrogens is 240 g/mol. The number of carbonyl (C=O) groups is 3. The number of carboxylic acid groups (broad SMARTS) is 1. The maximum Gasteiger partial charge on any atom is 0.446 e. The number of aliphatic carboxylic acids is 1. The molecule has 7 nitrogen and oxygen atoms in total. The molecule has 1 N–H and O–H groups in total. The quantitative estimate of drug-likeness (QED) is 0.207. The number of esters is 1. The number of carboxylic acids is 1. The van der Waals surface area contributed by atoms with Gasteiger partial charge >= 0.3 is 17.7 Å². The smallest absolute Gasteiger partial charge is 0.446 e. The highest BCUT2D eigenvalue weighted by atomic mass is 16.5. The van der Waals surface area contributed by atoms with Gasteiger partial charge in [-0.2, -0.15) is 4.79 Å². The molecule has 0 aliphatic heterocycles. The molecule has 0 saturated heterocycles. The molecule has 0 aliphatic rings. The Bertz CT molecular complexity index is 573. The van der Waals surface area contributed by atoms with Crippen LogP contribution in [0.2, 0.25) is 0 Å². The third-order valence-corrected chi connectivity index (χ3v) is 2.09. The summed E-state index contributed by atoms with van der Waals surface area (Å²) >= 11 is 0. The van der Waals surface area contributed by atoms with E-state index in [9.17, 15) is 14.4 Å². The second-order valence-electron chi connectivity index (χ2n) is 3.12. The van der Waals surface area contributed by atoms with Crippen molar-refractivity contribution >= 4 is 23.4 Å². The van der Waals surface area contributed by atoms with Crippen LogP contribution in [0.5, 0.6) is 0 Å². The molecule has 0 fully saturated rings. The summed E-state index contributed by atoms with van der Waals surface area (Å²) in [5.41, 5.74) is 7.09. The number of hydrogen-bond acceptors (Lipinski definition) is 4. The van der Waals surface area contributed by atoms with E-state index in [1.54, 1.807) is 0 Å². The third kappa shape index (κ3) is 2.47. The molecule has 0 bridgehead atoms. The van der Waals surface area contributed by atoms with E-state index in [4.69, 9.17) is 10.6 Å². The van der Waals surface area contributed by atoms with E-state index >= 15 is 0 Å². The van der Waals surface area contributed by atoms with E-state index in [0.29, 0.717) is 0 Å². The van der Waals surface area contributed by atoms with Crippen LogP contribution in [0, 0.1) is 0 Å². The Balaban J connectivity index is 3.34. The number of hydrogen-bond donors (Lipinski definition) is 1. The normalized spacial score (nSPS) is 9.17. The van der Waals surface area contributed by atoms with Gasteiger partial charge in [0, 0.05) is 5.56 Å².